The van der Waals surface area contributed by atoms with Gasteiger partial charge in [-0.25, -0.2) is 13.4 Å². The van der Waals surface area contributed by atoms with Gasteiger partial charge in [-0.1, -0.05) is 17.7 Å². The van der Waals surface area contributed by atoms with Crippen LogP contribution < -0.4 is 5.32 Å². The molecule has 0 atom stereocenters. The van der Waals surface area contributed by atoms with Crippen LogP contribution in [0.4, 0.5) is 0 Å². The first-order chi connectivity index (χ1) is 13.8. The van der Waals surface area contributed by atoms with Crippen LogP contribution in [0.3, 0.4) is 0 Å². The summed E-state index contributed by atoms with van der Waals surface area (Å²) in [6.45, 7) is 4.86. The van der Waals surface area contributed by atoms with E-state index in [0.29, 0.717) is 37.4 Å². The van der Waals surface area contributed by atoms with Gasteiger partial charge in [-0.2, -0.15) is 4.31 Å². The Balaban J connectivity index is 1.34. The van der Waals surface area contributed by atoms with Gasteiger partial charge in [-0.3, -0.25) is 9.20 Å². The van der Waals surface area contributed by atoms with Crippen LogP contribution >= 0.6 is 11.3 Å². The molecule has 0 aliphatic carbocycles. The van der Waals surface area contributed by atoms with Crippen molar-refractivity contribution in [1.82, 2.24) is 19.0 Å². The van der Waals surface area contributed by atoms with Gasteiger partial charge in [0.1, 0.15) is 0 Å². The number of imidazole rings is 1. The number of nitrogens with zero attached hydrogens (tertiary/aromatic N) is 3. The monoisotopic (exact) mass is 432 g/mol. The van der Waals surface area contributed by atoms with Crippen LogP contribution in [0, 0.1) is 19.8 Å². The summed E-state index contributed by atoms with van der Waals surface area (Å²) in [5, 5.41) is 4.90. The summed E-state index contributed by atoms with van der Waals surface area (Å²) < 4.78 is 29.4. The molecule has 3 heterocycles. The third kappa shape index (κ3) is 4.08. The van der Waals surface area contributed by atoms with Crippen molar-refractivity contribution in [1.29, 1.82) is 0 Å². The van der Waals surface area contributed by atoms with Crippen LogP contribution in [0.2, 0.25) is 0 Å². The highest BCUT2D eigenvalue weighted by atomic mass is 32.2. The summed E-state index contributed by atoms with van der Waals surface area (Å²) in [5.41, 5.74) is 2.61. The van der Waals surface area contributed by atoms with E-state index in [4.69, 9.17) is 0 Å². The van der Waals surface area contributed by atoms with Crippen LogP contribution in [-0.2, 0) is 21.4 Å². The highest BCUT2D eigenvalue weighted by Gasteiger charge is 2.32. The van der Waals surface area contributed by atoms with Crippen LogP contribution in [0.15, 0.2) is 40.9 Å². The fourth-order valence-electron chi connectivity index (χ4n) is 3.77. The number of benzene rings is 1. The van der Waals surface area contributed by atoms with Gasteiger partial charge in [0.25, 0.3) is 0 Å². The molecule has 0 unspecified atom stereocenters. The molecule has 1 amide bonds. The minimum atomic E-state index is -3.53. The molecule has 29 heavy (non-hydrogen) atoms. The molecular weight excluding hydrogens is 408 g/mol. The molecule has 0 bridgehead atoms. The van der Waals surface area contributed by atoms with Gasteiger partial charge in [0.15, 0.2) is 4.96 Å². The molecule has 1 fully saturated rings. The quantitative estimate of drug-likeness (QED) is 0.672. The number of carbonyl (C=O) groups is 1. The zero-order chi connectivity index (χ0) is 20.6. The number of carbonyl (C=O) groups excluding carboxylic acids is 1. The van der Waals surface area contributed by atoms with Gasteiger partial charge in [0.2, 0.25) is 15.9 Å². The molecular formula is C20H24N4O3S2. The third-order valence-corrected chi connectivity index (χ3v) is 8.19. The number of piperidine rings is 1. The number of nitrogens with one attached hydrogen (secondary N) is 1. The maximum atomic E-state index is 13.0. The minimum absolute atomic E-state index is 0.0371. The first-order valence-electron chi connectivity index (χ1n) is 9.61. The van der Waals surface area contributed by atoms with E-state index in [-0.39, 0.29) is 11.8 Å². The van der Waals surface area contributed by atoms with E-state index < -0.39 is 10.0 Å². The van der Waals surface area contributed by atoms with Crippen molar-refractivity contribution < 1.29 is 13.2 Å². The summed E-state index contributed by atoms with van der Waals surface area (Å²) >= 11 is 1.55. The number of aryl methyl sites for hydroxylation is 2. The van der Waals surface area contributed by atoms with Gasteiger partial charge in [-0.15, -0.1) is 11.3 Å². The van der Waals surface area contributed by atoms with E-state index in [2.05, 4.69) is 10.3 Å². The largest absolute Gasteiger partial charge is 0.350 e. The van der Waals surface area contributed by atoms with Crippen molar-refractivity contribution in [2.24, 2.45) is 5.92 Å². The summed E-state index contributed by atoms with van der Waals surface area (Å²) in [6, 6.07) is 5.38. The third-order valence-electron chi connectivity index (χ3n) is 5.36. The van der Waals surface area contributed by atoms with Crippen molar-refractivity contribution in [2.75, 3.05) is 13.1 Å². The molecule has 3 aromatic rings. The minimum Gasteiger partial charge on any atom is -0.350 e. The van der Waals surface area contributed by atoms with E-state index >= 15 is 0 Å². The molecule has 9 heteroatoms. The zero-order valence-corrected chi connectivity index (χ0v) is 18.1. The van der Waals surface area contributed by atoms with E-state index in [1.165, 1.54) is 4.31 Å². The number of sulfonamides is 1. The van der Waals surface area contributed by atoms with E-state index in [9.17, 15) is 13.2 Å². The molecule has 1 aromatic carbocycles. The lowest BCUT2D eigenvalue weighted by Gasteiger charge is -2.31. The van der Waals surface area contributed by atoms with Gasteiger partial charge in [0.05, 0.1) is 17.1 Å². The predicted molar refractivity (Wildman–Crippen MR) is 112 cm³/mol. The van der Waals surface area contributed by atoms with Crippen molar-refractivity contribution in [3.8, 4) is 0 Å². The van der Waals surface area contributed by atoms with Gasteiger partial charge >= 0.3 is 0 Å². The number of hydrogen-bond acceptors (Lipinski definition) is 5. The Morgan fingerprint density at radius 2 is 2.03 bits per heavy atom. The SMILES string of the molecule is Cc1ccc(S(=O)(=O)N2CCC(C(=O)NCc3cn4ccsc4n3)CC2)c(C)c1. The average Bonchev–Trinajstić information content (AvgIpc) is 3.27. The Hall–Kier alpha value is -2.23. The Labute approximate surface area is 174 Å². The van der Waals surface area contributed by atoms with Gasteiger partial charge in [-0.05, 0) is 38.3 Å². The number of amides is 1. The molecule has 1 saturated heterocycles. The highest BCUT2D eigenvalue weighted by molar-refractivity contribution is 7.89. The number of fused-ring (bicyclic) bond motifs is 1. The number of thiazole rings is 1. The molecule has 0 radical (unpaired) electrons. The lowest BCUT2D eigenvalue weighted by molar-refractivity contribution is -0.126. The number of rotatable bonds is 5. The topological polar surface area (TPSA) is 83.8 Å². The summed E-state index contributed by atoms with van der Waals surface area (Å²) in [5.74, 6) is -0.214. The molecule has 0 saturated carbocycles. The van der Waals surface area contributed by atoms with Crippen LogP contribution in [-0.4, -0.2) is 41.1 Å². The maximum absolute atomic E-state index is 13.0. The predicted octanol–water partition coefficient (Wildman–Crippen LogP) is 2.73. The van der Waals surface area contributed by atoms with Crippen molar-refractivity contribution >= 4 is 32.2 Å². The zero-order valence-electron chi connectivity index (χ0n) is 16.5. The number of aromatic nitrogens is 2. The van der Waals surface area contributed by atoms with E-state index in [1.54, 1.807) is 17.4 Å². The van der Waals surface area contributed by atoms with Crippen LogP contribution in [0.1, 0.15) is 29.7 Å². The maximum Gasteiger partial charge on any atom is 0.243 e. The average molecular weight is 433 g/mol. The molecule has 0 spiro atoms. The van der Waals surface area contributed by atoms with Gasteiger partial charge < -0.3 is 5.32 Å². The lowest BCUT2D eigenvalue weighted by Crippen LogP contribution is -2.43. The molecule has 1 N–H and O–H groups in total. The van der Waals surface area contributed by atoms with Crippen molar-refractivity contribution in [3.63, 3.8) is 0 Å². The standard InChI is InChI=1S/C20H24N4O3S2/c1-14-3-4-18(15(2)11-14)29(26,27)24-7-5-16(6-8-24)19(25)21-12-17-13-23-9-10-28-20(23)22-17/h3-4,9-11,13,16H,5-8,12H2,1-2H3,(H,21,25). The molecule has 4 rings (SSSR count). The van der Waals surface area contributed by atoms with Crippen LogP contribution in [0.25, 0.3) is 4.96 Å². The Kier molecular flexibility index (Phi) is 5.46. The second-order valence-electron chi connectivity index (χ2n) is 7.49. The summed E-state index contributed by atoms with van der Waals surface area (Å²) in [6.07, 6.45) is 4.89. The molecule has 1 aliphatic rings. The molecule has 2 aromatic heterocycles. The van der Waals surface area contributed by atoms with E-state index in [0.717, 1.165) is 21.8 Å². The molecule has 7 nitrogen and oxygen atoms in total. The second kappa shape index (κ2) is 7.89. The Morgan fingerprint density at radius 1 is 1.28 bits per heavy atom. The first kappa shape index (κ1) is 20.1. The fraction of sp³-hybridized carbons (Fsp3) is 0.400. The Bertz CT molecular complexity index is 1110. The first-order valence-corrected chi connectivity index (χ1v) is 11.9. The number of hydrogen-bond donors (Lipinski definition) is 1. The fourth-order valence-corrected chi connectivity index (χ4v) is 6.16. The van der Waals surface area contributed by atoms with Crippen molar-refractivity contribution in [2.45, 2.75) is 38.1 Å². The smallest absolute Gasteiger partial charge is 0.243 e. The molecule has 154 valence electrons. The lowest BCUT2D eigenvalue weighted by atomic mass is 9.97. The Morgan fingerprint density at radius 3 is 2.72 bits per heavy atom. The van der Waals surface area contributed by atoms with E-state index in [1.807, 2.05) is 48.2 Å². The van der Waals surface area contributed by atoms with Gasteiger partial charge in [0, 0.05) is 36.8 Å². The normalized spacial score (nSPS) is 16.3. The summed E-state index contributed by atoms with van der Waals surface area (Å²) in [4.78, 5) is 18.2. The second-order valence-corrected chi connectivity index (χ2v) is 10.3. The molecule has 1 aliphatic heterocycles. The van der Waals surface area contributed by atoms with Crippen molar-refractivity contribution in [3.05, 3.63) is 52.8 Å². The van der Waals surface area contributed by atoms with Crippen LogP contribution in [0.5, 0.6) is 0 Å². The highest BCUT2D eigenvalue weighted by Crippen LogP contribution is 2.26. The summed E-state index contributed by atoms with van der Waals surface area (Å²) in [7, 11) is -3.53.